The smallest absolute Gasteiger partial charge is 0.227 e. The lowest BCUT2D eigenvalue weighted by Crippen LogP contribution is -2.48. The highest BCUT2D eigenvalue weighted by Gasteiger charge is 2.25. The Hall–Kier alpha value is -2.53. The summed E-state index contributed by atoms with van der Waals surface area (Å²) in [5.41, 5.74) is 3.23. The summed E-state index contributed by atoms with van der Waals surface area (Å²) >= 11 is 0. The van der Waals surface area contributed by atoms with Gasteiger partial charge in [0.05, 0.1) is 26.7 Å². The van der Waals surface area contributed by atoms with E-state index in [9.17, 15) is 4.79 Å². The van der Waals surface area contributed by atoms with Crippen molar-refractivity contribution in [2.45, 2.75) is 26.4 Å². The monoisotopic (exact) mass is 369 g/mol. The number of rotatable bonds is 6. The Labute approximate surface area is 160 Å². The topological polar surface area (TPSA) is 48.0 Å². The predicted octanol–water partition coefficient (Wildman–Crippen LogP) is 3.16. The van der Waals surface area contributed by atoms with Crippen molar-refractivity contribution in [3.8, 4) is 11.5 Å². The average Bonchev–Trinajstić information content (AvgIpc) is 2.68. The van der Waals surface area contributed by atoms with E-state index in [-0.39, 0.29) is 12.0 Å². The molecule has 5 nitrogen and oxygen atoms in total. The first-order chi connectivity index (χ1) is 13.0. The molecule has 1 saturated heterocycles. The highest BCUT2D eigenvalue weighted by molar-refractivity contribution is 5.79. The Kier molecular flexibility index (Phi) is 6.35. The van der Waals surface area contributed by atoms with Gasteiger partial charge >= 0.3 is 0 Å². The first kappa shape index (κ1) is 19.2. The number of carbonyl (C=O) groups is 1. The van der Waals surface area contributed by atoms with Crippen molar-refractivity contribution < 1.29 is 19.0 Å². The maximum atomic E-state index is 12.8. The number of nitrogens with zero attached hydrogens (tertiary/aromatic N) is 1. The van der Waals surface area contributed by atoms with Gasteiger partial charge in [-0.15, -0.1) is 0 Å². The summed E-state index contributed by atoms with van der Waals surface area (Å²) in [7, 11) is 1.63. The summed E-state index contributed by atoms with van der Waals surface area (Å²) in [6.07, 6.45) is 0.208. The minimum atomic E-state index is -0.122. The molecule has 5 heteroatoms. The molecular weight excluding hydrogens is 342 g/mol. The zero-order chi connectivity index (χ0) is 19.2. The molecule has 0 radical (unpaired) electrons. The van der Waals surface area contributed by atoms with Crippen molar-refractivity contribution in [1.82, 2.24) is 4.90 Å². The summed E-state index contributed by atoms with van der Waals surface area (Å²) in [5.74, 6) is 1.65. The fourth-order valence-corrected chi connectivity index (χ4v) is 3.19. The molecule has 1 heterocycles. The van der Waals surface area contributed by atoms with Crippen LogP contribution < -0.4 is 9.47 Å². The van der Waals surface area contributed by atoms with Crippen LogP contribution in [-0.4, -0.2) is 50.3 Å². The molecule has 1 aliphatic rings. The molecule has 27 heavy (non-hydrogen) atoms. The number of morpholine rings is 1. The Morgan fingerprint density at radius 1 is 1.15 bits per heavy atom. The Morgan fingerprint density at radius 2 is 1.89 bits per heavy atom. The van der Waals surface area contributed by atoms with E-state index in [0.29, 0.717) is 32.7 Å². The van der Waals surface area contributed by atoms with Crippen LogP contribution in [0.4, 0.5) is 0 Å². The summed E-state index contributed by atoms with van der Waals surface area (Å²) < 4.78 is 17.0. The van der Waals surface area contributed by atoms with Crippen molar-refractivity contribution in [2.24, 2.45) is 0 Å². The second kappa shape index (κ2) is 8.91. The van der Waals surface area contributed by atoms with Crippen LogP contribution in [0, 0.1) is 13.8 Å². The van der Waals surface area contributed by atoms with E-state index in [4.69, 9.17) is 14.2 Å². The molecule has 1 fully saturated rings. The molecule has 144 valence electrons. The number of amides is 1. The Bertz CT molecular complexity index is 772. The molecule has 3 rings (SSSR count). The molecule has 2 aromatic carbocycles. The number of aryl methyl sites for hydroxylation is 2. The molecule has 0 aliphatic carbocycles. The second-order valence-corrected chi connectivity index (χ2v) is 6.95. The summed E-state index contributed by atoms with van der Waals surface area (Å²) in [4.78, 5) is 14.6. The van der Waals surface area contributed by atoms with E-state index in [1.165, 1.54) is 5.56 Å². The molecule has 0 saturated carbocycles. The summed E-state index contributed by atoms with van der Waals surface area (Å²) in [6.45, 7) is 6.16. The molecular formula is C22H27NO4. The second-order valence-electron chi connectivity index (χ2n) is 6.95. The lowest BCUT2D eigenvalue weighted by Gasteiger charge is -2.33. The molecule has 0 spiro atoms. The van der Waals surface area contributed by atoms with Gasteiger partial charge in [-0.25, -0.2) is 0 Å². The molecule has 2 aromatic rings. The third-order valence-corrected chi connectivity index (χ3v) is 4.73. The van der Waals surface area contributed by atoms with Crippen molar-refractivity contribution in [2.75, 3.05) is 33.4 Å². The average molecular weight is 369 g/mol. The van der Waals surface area contributed by atoms with Gasteiger partial charge in [0.1, 0.15) is 24.2 Å². The van der Waals surface area contributed by atoms with Crippen LogP contribution in [0.2, 0.25) is 0 Å². The van der Waals surface area contributed by atoms with Crippen LogP contribution in [0.3, 0.4) is 0 Å². The summed E-state index contributed by atoms with van der Waals surface area (Å²) in [5, 5.41) is 0. The van der Waals surface area contributed by atoms with Gasteiger partial charge in [-0.1, -0.05) is 35.4 Å². The van der Waals surface area contributed by atoms with E-state index in [1.807, 2.05) is 61.2 Å². The molecule has 1 aliphatic heterocycles. The van der Waals surface area contributed by atoms with Crippen LogP contribution in [-0.2, 0) is 16.0 Å². The third-order valence-electron chi connectivity index (χ3n) is 4.73. The summed E-state index contributed by atoms with van der Waals surface area (Å²) in [6, 6.07) is 13.8. The van der Waals surface area contributed by atoms with Crippen LogP contribution in [0.25, 0.3) is 0 Å². The Morgan fingerprint density at radius 3 is 2.63 bits per heavy atom. The Balaban J connectivity index is 1.56. The maximum Gasteiger partial charge on any atom is 0.227 e. The first-order valence-corrected chi connectivity index (χ1v) is 9.27. The lowest BCUT2D eigenvalue weighted by atomic mass is 10.1. The molecule has 1 unspecified atom stereocenters. The molecule has 1 atom stereocenters. The highest BCUT2D eigenvalue weighted by Crippen LogP contribution is 2.21. The fraction of sp³-hybridized carbons (Fsp3) is 0.409. The quantitative estimate of drug-likeness (QED) is 0.785. The van der Waals surface area contributed by atoms with E-state index < -0.39 is 0 Å². The van der Waals surface area contributed by atoms with Gasteiger partial charge in [0, 0.05) is 12.1 Å². The van der Waals surface area contributed by atoms with E-state index >= 15 is 0 Å². The minimum Gasteiger partial charge on any atom is -0.496 e. The van der Waals surface area contributed by atoms with Crippen molar-refractivity contribution in [3.63, 3.8) is 0 Å². The van der Waals surface area contributed by atoms with Gasteiger partial charge in [0.2, 0.25) is 5.91 Å². The number of hydrogen-bond acceptors (Lipinski definition) is 4. The van der Waals surface area contributed by atoms with Crippen molar-refractivity contribution >= 4 is 5.91 Å². The highest BCUT2D eigenvalue weighted by atomic mass is 16.5. The van der Waals surface area contributed by atoms with E-state index in [0.717, 1.165) is 22.6 Å². The van der Waals surface area contributed by atoms with Crippen LogP contribution >= 0.6 is 0 Å². The zero-order valence-corrected chi connectivity index (χ0v) is 16.2. The van der Waals surface area contributed by atoms with Gasteiger partial charge in [0.15, 0.2) is 0 Å². The van der Waals surface area contributed by atoms with Crippen molar-refractivity contribution in [1.29, 1.82) is 0 Å². The molecule has 0 bridgehead atoms. The van der Waals surface area contributed by atoms with Gasteiger partial charge < -0.3 is 19.1 Å². The van der Waals surface area contributed by atoms with Crippen LogP contribution in [0.15, 0.2) is 42.5 Å². The number of hydrogen-bond donors (Lipinski definition) is 0. The van der Waals surface area contributed by atoms with Crippen molar-refractivity contribution in [3.05, 3.63) is 59.2 Å². The number of carbonyl (C=O) groups excluding carboxylic acids is 1. The number of ether oxygens (including phenoxy) is 3. The largest absolute Gasteiger partial charge is 0.496 e. The SMILES string of the molecule is COc1ccc(C)cc1CC(=O)N1CCOC(COc2ccc(C)cc2)C1. The van der Waals surface area contributed by atoms with Gasteiger partial charge in [0.25, 0.3) is 0 Å². The maximum absolute atomic E-state index is 12.8. The van der Waals surface area contributed by atoms with Gasteiger partial charge in [-0.2, -0.15) is 0 Å². The number of benzene rings is 2. The van der Waals surface area contributed by atoms with Crippen LogP contribution in [0.5, 0.6) is 11.5 Å². The molecule has 0 aromatic heterocycles. The zero-order valence-electron chi connectivity index (χ0n) is 16.2. The normalized spacial score (nSPS) is 16.9. The van der Waals surface area contributed by atoms with E-state index in [1.54, 1.807) is 7.11 Å². The van der Waals surface area contributed by atoms with E-state index in [2.05, 4.69) is 0 Å². The fourth-order valence-electron chi connectivity index (χ4n) is 3.19. The van der Waals surface area contributed by atoms with Gasteiger partial charge in [-0.3, -0.25) is 4.79 Å². The lowest BCUT2D eigenvalue weighted by molar-refractivity contribution is -0.139. The van der Waals surface area contributed by atoms with Crippen LogP contribution in [0.1, 0.15) is 16.7 Å². The van der Waals surface area contributed by atoms with Gasteiger partial charge in [-0.05, 0) is 32.0 Å². The third kappa shape index (κ3) is 5.23. The first-order valence-electron chi connectivity index (χ1n) is 9.27. The minimum absolute atomic E-state index is 0.0857. The molecule has 0 N–H and O–H groups in total. The predicted molar refractivity (Wildman–Crippen MR) is 104 cm³/mol. The molecule has 1 amide bonds. The number of methoxy groups -OCH3 is 1. The standard InChI is InChI=1S/C22H27NO4/c1-16-4-7-19(8-5-16)27-15-20-14-23(10-11-26-20)22(24)13-18-12-17(2)6-9-21(18)25-3/h4-9,12,20H,10-11,13-15H2,1-3H3.